The van der Waals surface area contributed by atoms with Crippen LogP contribution in [0.4, 0.5) is 23.2 Å². The fourth-order valence-corrected chi connectivity index (χ4v) is 3.01. The van der Waals surface area contributed by atoms with Crippen LogP contribution in [-0.4, -0.2) is 37.9 Å². The summed E-state index contributed by atoms with van der Waals surface area (Å²) in [6, 6.07) is 3.81. The van der Waals surface area contributed by atoms with Crippen LogP contribution >= 0.6 is 0 Å². The fourth-order valence-electron chi connectivity index (χ4n) is 2.15. The van der Waals surface area contributed by atoms with Gasteiger partial charge in [-0.1, -0.05) is 6.07 Å². The number of nitrogens with zero attached hydrogens (tertiary/aromatic N) is 2. The van der Waals surface area contributed by atoms with E-state index >= 15 is 0 Å². The topological polar surface area (TPSA) is 108 Å². The van der Waals surface area contributed by atoms with Gasteiger partial charge in [0.25, 0.3) is 5.91 Å². The standard InChI is InChI=1S/C16H14F4N4O4S/c1-29(27,28)24(12-5-11(17)6-21-7-12)8-10-3-2-9(4-13(10)18)15(25)22-23-16(26)14(19)20/h2-7,14H,8H2,1H3,(H,22,25)(H,23,26). The van der Waals surface area contributed by atoms with Gasteiger partial charge in [0.05, 0.1) is 30.9 Å². The molecular formula is C16H14F4N4O4S. The SMILES string of the molecule is CS(=O)(=O)N(Cc1ccc(C(=O)NNC(=O)C(F)F)cc1F)c1cncc(F)c1. The predicted octanol–water partition coefficient (Wildman–Crippen LogP) is 1.35. The van der Waals surface area contributed by atoms with Crippen molar-refractivity contribution in [3.63, 3.8) is 0 Å². The second kappa shape index (κ2) is 8.86. The van der Waals surface area contributed by atoms with Gasteiger partial charge in [-0.05, 0) is 12.1 Å². The Hall–Kier alpha value is -3.22. The number of aromatic nitrogens is 1. The molecule has 2 aromatic rings. The Kier molecular flexibility index (Phi) is 6.74. The Morgan fingerprint density at radius 2 is 1.83 bits per heavy atom. The highest BCUT2D eigenvalue weighted by molar-refractivity contribution is 7.92. The van der Waals surface area contributed by atoms with Crippen molar-refractivity contribution >= 4 is 27.5 Å². The summed E-state index contributed by atoms with van der Waals surface area (Å²) in [5, 5.41) is 0. The maximum atomic E-state index is 14.4. The largest absolute Gasteiger partial charge is 0.317 e. The molecule has 0 radical (unpaired) electrons. The van der Waals surface area contributed by atoms with Crippen LogP contribution in [0.5, 0.6) is 0 Å². The summed E-state index contributed by atoms with van der Waals surface area (Å²) in [7, 11) is -3.94. The highest BCUT2D eigenvalue weighted by Crippen LogP contribution is 2.22. The molecule has 0 bridgehead atoms. The molecule has 2 rings (SSSR count). The molecule has 0 saturated heterocycles. The number of rotatable bonds is 6. The second-order valence-electron chi connectivity index (χ2n) is 5.68. The van der Waals surface area contributed by atoms with Gasteiger partial charge in [-0.3, -0.25) is 29.7 Å². The van der Waals surface area contributed by atoms with Crippen molar-refractivity contribution in [2.24, 2.45) is 0 Å². The number of carbonyl (C=O) groups excluding carboxylic acids is 2. The lowest BCUT2D eigenvalue weighted by Crippen LogP contribution is -2.44. The third-order valence-corrected chi connectivity index (χ3v) is 4.65. The fraction of sp³-hybridized carbons (Fsp3) is 0.188. The van der Waals surface area contributed by atoms with Gasteiger partial charge >= 0.3 is 12.3 Å². The number of amides is 2. The summed E-state index contributed by atoms with van der Waals surface area (Å²) in [5.41, 5.74) is 2.52. The normalized spacial score (nSPS) is 11.2. The first kappa shape index (κ1) is 22.1. The van der Waals surface area contributed by atoms with Crippen molar-refractivity contribution in [1.82, 2.24) is 15.8 Å². The van der Waals surface area contributed by atoms with Gasteiger partial charge in [0, 0.05) is 17.2 Å². The average molecular weight is 434 g/mol. The van der Waals surface area contributed by atoms with Gasteiger partial charge in [-0.2, -0.15) is 8.78 Å². The van der Waals surface area contributed by atoms with Gasteiger partial charge < -0.3 is 0 Å². The number of nitrogens with one attached hydrogen (secondary N) is 2. The molecule has 0 aliphatic carbocycles. The van der Waals surface area contributed by atoms with E-state index in [1.54, 1.807) is 5.43 Å². The Balaban J connectivity index is 2.22. The molecule has 1 aromatic heterocycles. The number of hydrazine groups is 1. The molecular weight excluding hydrogens is 420 g/mol. The summed E-state index contributed by atoms with van der Waals surface area (Å²) in [5.74, 6) is -4.60. The maximum Gasteiger partial charge on any atom is 0.317 e. The van der Waals surface area contributed by atoms with Crippen LogP contribution in [0.1, 0.15) is 15.9 Å². The summed E-state index contributed by atoms with van der Waals surface area (Å²) in [6.45, 7) is -0.528. The molecule has 0 spiro atoms. The smallest absolute Gasteiger partial charge is 0.267 e. The molecule has 0 aliphatic rings. The summed E-state index contributed by atoms with van der Waals surface area (Å²) < 4.78 is 76.7. The lowest BCUT2D eigenvalue weighted by molar-refractivity contribution is -0.132. The van der Waals surface area contributed by atoms with Gasteiger partial charge in [-0.25, -0.2) is 17.2 Å². The van der Waals surface area contributed by atoms with Crippen molar-refractivity contribution in [1.29, 1.82) is 0 Å². The molecule has 0 atom stereocenters. The third kappa shape index (κ3) is 5.88. The van der Waals surface area contributed by atoms with Gasteiger partial charge in [0.15, 0.2) is 0 Å². The minimum Gasteiger partial charge on any atom is -0.267 e. The maximum absolute atomic E-state index is 14.4. The number of alkyl halides is 2. The van der Waals surface area contributed by atoms with Gasteiger partial charge in [-0.15, -0.1) is 0 Å². The van der Waals surface area contributed by atoms with Gasteiger partial charge in [0.2, 0.25) is 10.0 Å². The first-order chi connectivity index (χ1) is 13.5. The number of benzene rings is 1. The minimum absolute atomic E-state index is 0.136. The van der Waals surface area contributed by atoms with Crippen LogP contribution < -0.4 is 15.2 Å². The third-order valence-electron chi connectivity index (χ3n) is 3.51. The summed E-state index contributed by atoms with van der Waals surface area (Å²) in [6.07, 6.45) is -0.572. The minimum atomic E-state index is -3.94. The van der Waals surface area contributed by atoms with Crippen LogP contribution in [0, 0.1) is 11.6 Å². The molecule has 2 N–H and O–H groups in total. The number of hydrogen-bond acceptors (Lipinski definition) is 5. The molecule has 13 heteroatoms. The number of carbonyl (C=O) groups is 2. The van der Waals surface area contributed by atoms with Crippen LogP contribution in [0.15, 0.2) is 36.7 Å². The molecule has 1 aromatic carbocycles. The average Bonchev–Trinajstić information content (AvgIpc) is 2.63. The summed E-state index contributed by atoms with van der Waals surface area (Å²) in [4.78, 5) is 26.1. The highest BCUT2D eigenvalue weighted by atomic mass is 32.2. The van der Waals surface area contributed by atoms with E-state index in [4.69, 9.17) is 0 Å². The van der Waals surface area contributed by atoms with E-state index in [-0.39, 0.29) is 16.8 Å². The lowest BCUT2D eigenvalue weighted by atomic mass is 10.1. The van der Waals surface area contributed by atoms with Crippen molar-refractivity contribution in [2.45, 2.75) is 13.0 Å². The van der Waals surface area contributed by atoms with Crippen molar-refractivity contribution in [3.8, 4) is 0 Å². The number of hydrogen-bond donors (Lipinski definition) is 2. The molecule has 0 aliphatic heterocycles. The van der Waals surface area contributed by atoms with E-state index < -0.39 is 46.4 Å². The lowest BCUT2D eigenvalue weighted by Gasteiger charge is -2.22. The number of halogens is 4. The highest BCUT2D eigenvalue weighted by Gasteiger charge is 2.21. The molecule has 156 valence electrons. The van der Waals surface area contributed by atoms with E-state index in [9.17, 15) is 35.6 Å². The van der Waals surface area contributed by atoms with E-state index in [0.29, 0.717) is 4.31 Å². The number of anilines is 1. The Labute approximate surface area is 162 Å². The molecule has 8 nitrogen and oxygen atoms in total. The summed E-state index contributed by atoms with van der Waals surface area (Å²) >= 11 is 0. The van der Waals surface area contributed by atoms with Crippen molar-refractivity contribution in [2.75, 3.05) is 10.6 Å². The monoisotopic (exact) mass is 434 g/mol. The Bertz CT molecular complexity index is 1030. The van der Waals surface area contributed by atoms with Crippen LogP contribution in [0.25, 0.3) is 0 Å². The van der Waals surface area contributed by atoms with Crippen molar-refractivity contribution in [3.05, 3.63) is 59.4 Å². The predicted molar refractivity (Wildman–Crippen MR) is 93.2 cm³/mol. The van der Waals surface area contributed by atoms with Crippen LogP contribution in [0.2, 0.25) is 0 Å². The van der Waals surface area contributed by atoms with Crippen molar-refractivity contribution < 1.29 is 35.6 Å². The van der Waals surface area contributed by atoms with E-state index in [1.807, 2.05) is 0 Å². The van der Waals surface area contributed by atoms with Crippen LogP contribution in [0.3, 0.4) is 0 Å². The number of sulfonamides is 1. The molecule has 0 unspecified atom stereocenters. The van der Waals surface area contributed by atoms with E-state index in [1.165, 1.54) is 5.43 Å². The molecule has 29 heavy (non-hydrogen) atoms. The van der Waals surface area contributed by atoms with E-state index in [0.717, 1.165) is 42.9 Å². The van der Waals surface area contributed by atoms with Gasteiger partial charge in [0.1, 0.15) is 11.6 Å². The zero-order chi connectivity index (χ0) is 21.8. The zero-order valence-corrected chi connectivity index (χ0v) is 15.5. The quantitative estimate of drug-likeness (QED) is 0.527. The molecule has 0 fully saturated rings. The number of pyridine rings is 1. The van der Waals surface area contributed by atoms with E-state index in [2.05, 4.69) is 4.98 Å². The molecule has 0 saturated carbocycles. The Morgan fingerprint density at radius 1 is 1.14 bits per heavy atom. The first-order valence-corrected chi connectivity index (χ1v) is 9.59. The first-order valence-electron chi connectivity index (χ1n) is 7.74. The molecule has 1 heterocycles. The van der Waals surface area contributed by atoms with Crippen LogP contribution in [-0.2, 0) is 21.4 Å². The second-order valence-corrected chi connectivity index (χ2v) is 7.59. The Morgan fingerprint density at radius 3 is 2.38 bits per heavy atom. The molecule has 2 amide bonds. The zero-order valence-electron chi connectivity index (χ0n) is 14.7.